The summed E-state index contributed by atoms with van der Waals surface area (Å²) in [7, 11) is 1.25. The van der Waals surface area contributed by atoms with Crippen LogP contribution in [0.5, 0.6) is 0 Å². The van der Waals surface area contributed by atoms with Crippen LogP contribution in [0.25, 0.3) is 0 Å². The van der Waals surface area contributed by atoms with Crippen LogP contribution in [-0.4, -0.2) is 30.3 Å². The van der Waals surface area contributed by atoms with E-state index >= 15 is 0 Å². The number of carbonyl (C=O) groups excluding carboxylic acids is 1. The average Bonchev–Trinajstić information content (AvgIpc) is 2.27. The second-order valence-corrected chi connectivity index (χ2v) is 4.45. The average molecular weight is 288 g/mol. The van der Waals surface area contributed by atoms with Crippen LogP contribution >= 0.6 is 15.9 Å². The highest BCUT2D eigenvalue weighted by molar-refractivity contribution is 9.10. The van der Waals surface area contributed by atoms with Gasteiger partial charge in [-0.05, 0) is 35.0 Å². The highest BCUT2D eigenvalue weighted by atomic mass is 79.9. The van der Waals surface area contributed by atoms with Crippen LogP contribution in [0.3, 0.4) is 0 Å². The first-order valence-electron chi connectivity index (χ1n) is 4.76. The Morgan fingerprint density at radius 1 is 1.56 bits per heavy atom. The Hall–Kier alpha value is -1.07. The lowest BCUT2D eigenvalue weighted by atomic mass is 10.1. The predicted octanol–water partition coefficient (Wildman–Crippen LogP) is 1.78. The smallest absolute Gasteiger partial charge is 0.339 e. The van der Waals surface area contributed by atoms with Crippen LogP contribution < -0.4 is 5.32 Å². The number of anilines is 1. The number of rotatable bonds is 4. The van der Waals surface area contributed by atoms with Gasteiger partial charge >= 0.3 is 5.97 Å². The molecular formula is C11H14BrNO3. The molecule has 0 heterocycles. The van der Waals surface area contributed by atoms with Crippen LogP contribution in [0.2, 0.25) is 0 Å². The van der Waals surface area contributed by atoms with E-state index in [1.54, 1.807) is 0 Å². The molecule has 0 aliphatic rings. The van der Waals surface area contributed by atoms with Crippen LogP contribution in [0.1, 0.15) is 6.92 Å². The van der Waals surface area contributed by atoms with Crippen molar-refractivity contribution in [2.75, 3.05) is 19.0 Å². The number of hydrogen-bond donors (Lipinski definition) is 2. The van der Waals surface area contributed by atoms with Crippen molar-refractivity contribution in [3.05, 3.63) is 28.7 Å². The fourth-order valence-corrected chi connectivity index (χ4v) is 1.59. The van der Waals surface area contributed by atoms with Crippen LogP contribution in [0, 0.1) is 0 Å². The van der Waals surface area contributed by atoms with Crippen LogP contribution in [0.4, 0.5) is 5.69 Å². The molecule has 5 heteroatoms. The third-order valence-electron chi connectivity index (χ3n) is 2.12. The summed E-state index contributed by atoms with van der Waals surface area (Å²) in [6.07, 6.45) is 0. The normalized spacial score (nSPS) is 14.0. The monoisotopic (exact) mass is 287 g/mol. The number of methoxy groups -OCH3 is 1. The summed E-state index contributed by atoms with van der Waals surface area (Å²) in [5.74, 6) is -0.660. The van der Waals surface area contributed by atoms with E-state index in [0.717, 1.165) is 10.2 Å². The summed E-state index contributed by atoms with van der Waals surface area (Å²) in [6.45, 7) is 1.49. The zero-order valence-electron chi connectivity index (χ0n) is 9.16. The zero-order valence-corrected chi connectivity index (χ0v) is 10.7. The van der Waals surface area contributed by atoms with Gasteiger partial charge < -0.3 is 15.2 Å². The van der Waals surface area contributed by atoms with Gasteiger partial charge in [-0.3, -0.25) is 0 Å². The zero-order chi connectivity index (χ0) is 12.2. The fraction of sp³-hybridized carbons (Fsp3) is 0.364. The molecule has 0 aromatic heterocycles. The first-order valence-corrected chi connectivity index (χ1v) is 5.56. The van der Waals surface area contributed by atoms with Crippen molar-refractivity contribution < 1.29 is 14.6 Å². The summed E-state index contributed by atoms with van der Waals surface area (Å²) in [4.78, 5) is 11.2. The molecule has 0 fully saturated rings. The minimum Gasteiger partial charge on any atom is -0.467 e. The molecule has 1 aromatic carbocycles. The Balaban J connectivity index is 2.65. The molecule has 1 atom stereocenters. The quantitative estimate of drug-likeness (QED) is 0.829. The van der Waals surface area contributed by atoms with Crippen molar-refractivity contribution in [1.29, 1.82) is 0 Å². The molecule has 0 amide bonds. The van der Waals surface area contributed by atoms with Gasteiger partial charge in [-0.15, -0.1) is 0 Å². The molecule has 0 spiro atoms. The summed E-state index contributed by atoms with van der Waals surface area (Å²) in [5.41, 5.74) is -0.726. The van der Waals surface area contributed by atoms with Gasteiger partial charge in [-0.2, -0.15) is 0 Å². The second-order valence-electron chi connectivity index (χ2n) is 3.60. The number of halogens is 1. The molecule has 0 bridgehead atoms. The molecule has 1 aromatic rings. The maximum Gasteiger partial charge on any atom is 0.339 e. The fourth-order valence-electron chi connectivity index (χ4n) is 1.16. The number of carbonyl (C=O) groups is 1. The van der Waals surface area contributed by atoms with Gasteiger partial charge in [-0.25, -0.2) is 4.79 Å². The standard InChI is InChI=1S/C11H14BrNO3/c1-11(15,10(14)16-2)7-13-9-6-4-3-5-8(9)12/h3-6,13,15H,7H2,1-2H3. The Morgan fingerprint density at radius 3 is 2.75 bits per heavy atom. The maximum absolute atomic E-state index is 11.2. The first kappa shape index (κ1) is 13.0. The molecule has 0 saturated carbocycles. The molecule has 1 rings (SSSR count). The summed E-state index contributed by atoms with van der Waals surface area (Å²) in [5, 5.41) is 12.8. The third-order valence-corrected chi connectivity index (χ3v) is 2.81. The van der Waals surface area contributed by atoms with Crippen molar-refractivity contribution in [3.8, 4) is 0 Å². The van der Waals surface area contributed by atoms with Crippen molar-refractivity contribution in [2.45, 2.75) is 12.5 Å². The minimum atomic E-state index is -1.54. The van der Waals surface area contributed by atoms with Gasteiger partial charge in [0.05, 0.1) is 13.7 Å². The second kappa shape index (κ2) is 5.32. The van der Waals surface area contributed by atoms with Gasteiger partial charge in [0.25, 0.3) is 0 Å². The van der Waals surface area contributed by atoms with E-state index in [9.17, 15) is 9.90 Å². The third kappa shape index (κ3) is 3.21. The SMILES string of the molecule is COC(=O)C(C)(O)CNc1ccccc1Br. The van der Waals surface area contributed by atoms with E-state index in [2.05, 4.69) is 26.0 Å². The van der Waals surface area contributed by atoms with E-state index in [-0.39, 0.29) is 6.54 Å². The van der Waals surface area contributed by atoms with E-state index in [1.165, 1.54) is 14.0 Å². The first-order chi connectivity index (χ1) is 7.47. The molecule has 0 aliphatic carbocycles. The van der Waals surface area contributed by atoms with Crippen LogP contribution in [0.15, 0.2) is 28.7 Å². The largest absolute Gasteiger partial charge is 0.467 e. The van der Waals surface area contributed by atoms with Crippen molar-refractivity contribution in [3.63, 3.8) is 0 Å². The number of para-hydroxylation sites is 1. The predicted molar refractivity (Wildman–Crippen MR) is 65.3 cm³/mol. The number of esters is 1. The number of hydrogen-bond acceptors (Lipinski definition) is 4. The molecular weight excluding hydrogens is 274 g/mol. The van der Waals surface area contributed by atoms with E-state index in [4.69, 9.17) is 0 Å². The number of nitrogens with one attached hydrogen (secondary N) is 1. The molecule has 88 valence electrons. The minimum absolute atomic E-state index is 0.0856. The molecule has 16 heavy (non-hydrogen) atoms. The highest BCUT2D eigenvalue weighted by Gasteiger charge is 2.31. The maximum atomic E-state index is 11.2. The van der Waals surface area contributed by atoms with Gasteiger partial charge in [-0.1, -0.05) is 12.1 Å². The molecule has 2 N–H and O–H groups in total. The molecule has 1 unspecified atom stereocenters. The highest BCUT2D eigenvalue weighted by Crippen LogP contribution is 2.21. The van der Waals surface area contributed by atoms with E-state index < -0.39 is 11.6 Å². The number of aliphatic hydroxyl groups is 1. The van der Waals surface area contributed by atoms with Crippen LogP contribution in [-0.2, 0) is 9.53 Å². The lowest BCUT2D eigenvalue weighted by Crippen LogP contribution is -2.42. The lowest BCUT2D eigenvalue weighted by molar-refractivity contribution is -0.158. The summed E-state index contributed by atoms with van der Waals surface area (Å²) < 4.78 is 5.36. The molecule has 0 saturated heterocycles. The number of ether oxygens (including phenoxy) is 1. The summed E-state index contributed by atoms with van der Waals surface area (Å²) >= 11 is 3.36. The van der Waals surface area contributed by atoms with Crippen molar-refractivity contribution in [1.82, 2.24) is 0 Å². The van der Waals surface area contributed by atoms with Crippen molar-refractivity contribution >= 4 is 27.6 Å². The van der Waals surface area contributed by atoms with Gasteiger partial charge in [0.2, 0.25) is 0 Å². The molecule has 4 nitrogen and oxygen atoms in total. The summed E-state index contributed by atoms with van der Waals surface area (Å²) in [6, 6.07) is 7.46. The Labute approximate surface area is 103 Å². The Kier molecular flexibility index (Phi) is 4.32. The van der Waals surface area contributed by atoms with Gasteiger partial charge in [0, 0.05) is 10.2 Å². The topological polar surface area (TPSA) is 58.6 Å². The lowest BCUT2D eigenvalue weighted by Gasteiger charge is -2.21. The van der Waals surface area contributed by atoms with Crippen molar-refractivity contribution in [2.24, 2.45) is 0 Å². The molecule has 0 radical (unpaired) electrons. The Bertz CT molecular complexity index is 379. The number of benzene rings is 1. The van der Waals surface area contributed by atoms with E-state index in [0.29, 0.717) is 0 Å². The van der Waals surface area contributed by atoms with Gasteiger partial charge in [0.15, 0.2) is 5.60 Å². The Morgan fingerprint density at radius 2 is 2.19 bits per heavy atom. The van der Waals surface area contributed by atoms with Gasteiger partial charge in [0.1, 0.15) is 0 Å². The molecule has 0 aliphatic heterocycles. The van der Waals surface area contributed by atoms with E-state index in [1.807, 2.05) is 24.3 Å².